The van der Waals surface area contributed by atoms with Gasteiger partial charge in [-0.3, -0.25) is 4.79 Å². The molecule has 2 unspecified atom stereocenters. The van der Waals surface area contributed by atoms with E-state index in [0.717, 1.165) is 19.4 Å². The second-order valence-electron chi connectivity index (χ2n) is 4.94. The van der Waals surface area contributed by atoms with Crippen molar-refractivity contribution in [3.8, 4) is 0 Å². The highest BCUT2D eigenvalue weighted by Gasteiger charge is 2.26. The van der Waals surface area contributed by atoms with Gasteiger partial charge in [0.15, 0.2) is 0 Å². The average molecular weight is 298 g/mol. The maximum atomic E-state index is 12.2. The Hall–Kier alpha value is -1.33. The number of amides is 1. The molecule has 0 spiro atoms. The molecule has 6 heteroatoms. The van der Waals surface area contributed by atoms with E-state index >= 15 is 0 Å². The van der Waals surface area contributed by atoms with Crippen molar-refractivity contribution in [3.63, 3.8) is 0 Å². The normalized spacial score (nSPS) is 21.8. The molecule has 2 N–H and O–H groups in total. The highest BCUT2D eigenvalue weighted by atomic mass is 35.5. The van der Waals surface area contributed by atoms with Crippen LogP contribution in [0, 0.1) is 0 Å². The number of hydrogen-bond donors (Lipinski definition) is 2. The Morgan fingerprint density at radius 2 is 2.35 bits per heavy atom. The molecule has 20 heavy (non-hydrogen) atoms. The lowest BCUT2D eigenvalue weighted by molar-refractivity contribution is 0.0866. The van der Waals surface area contributed by atoms with Crippen LogP contribution in [-0.2, 0) is 4.74 Å². The Morgan fingerprint density at radius 3 is 3.00 bits per heavy atom. The Kier molecular flexibility index (Phi) is 5.20. The van der Waals surface area contributed by atoms with Gasteiger partial charge in [0, 0.05) is 18.7 Å². The Morgan fingerprint density at radius 1 is 1.55 bits per heavy atom. The van der Waals surface area contributed by atoms with E-state index in [1.165, 1.54) is 0 Å². The van der Waals surface area contributed by atoms with E-state index in [-0.39, 0.29) is 18.1 Å². The molecule has 1 aromatic rings. The molecule has 0 saturated carbocycles. The number of carbonyl (C=O) groups is 1. The summed E-state index contributed by atoms with van der Waals surface area (Å²) in [5.74, 6) is 0.483. The number of pyridine rings is 1. The molecule has 110 valence electrons. The van der Waals surface area contributed by atoms with Crippen molar-refractivity contribution < 1.29 is 9.53 Å². The first-order valence-electron chi connectivity index (χ1n) is 6.94. The van der Waals surface area contributed by atoms with Crippen LogP contribution in [0.3, 0.4) is 0 Å². The lowest BCUT2D eigenvalue weighted by Gasteiger charge is -2.16. The van der Waals surface area contributed by atoms with E-state index < -0.39 is 0 Å². The van der Waals surface area contributed by atoms with Gasteiger partial charge in [0.1, 0.15) is 11.0 Å². The third-order valence-corrected chi connectivity index (χ3v) is 3.50. The maximum absolute atomic E-state index is 12.2. The molecule has 1 amide bonds. The topological polar surface area (TPSA) is 63.2 Å². The van der Waals surface area contributed by atoms with E-state index in [2.05, 4.69) is 22.5 Å². The molecule has 5 nitrogen and oxygen atoms in total. The molecule has 1 aliphatic rings. The van der Waals surface area contributed by atoms with Crippen LogP contribution in [0.15, 0.2) is 12.1 Å². The summed E-state index contributed by atoms with van der Waals surface area (Å²) in [6.45, 7) is 5.51. The van der Waals surface area contributed by atoms with E-state index in [9.17, 15) is 4.79 Å². The van der Waals surface area contributed by atoms with Crippen molar-refractivity contribution in [2.24, 2.45) is 0 Å². The molecular weight excluding hydrogens is 278 g/mol. The number of nitrogens with one attached hydrogen (secondary N) is 2. The van der Waals surface area contributed by atoms with Crippen LogP contribution in [0.2, 0.25) is 5.15 Å². The molecule has 0 aromatic carbocycles. The predicted molar refractivity (Wildman–Crippen MR) is 79.3 cm³/mol. The summed E-state index contributed by atoms with van der Waals surface area (Å²) in [4.78, 5) is 16.4. The fourth-order valence-electron chi connectivity index (χ4n) is 2.14. The number of hydrogen-bond acceptors (Lipinski definition) is 4. The molecule has 2 heterocycles. The number of halogens is 1. The van der Waals surface area contributed by atoms with Crippen LogP contribution in [0.25, 0.3) is 0 Å². The second kappa shape index (κ2) is 6.90. The number of nitrogens with zero attached hydrogens (tertiary/aromatic N) is 1. The minimum atomic E-state index is -0.142. The fourth-order valence-corrected chi connectivity index (χ4v) is 2.35. The molecule has 1 aliphatic heterocycles. The van der Waals surface area contributed by atoms with Gasteiger partial charge in [-0.25, -0.2) is 4.98 Å². The quantitative estimate of drug-likeness (QED) is 0.820. The van der Waals surface area contributed by atoms with E-state index in [4.69, 9.17) is 16.3 Å². The van der Waals surface area contributed by atoms with Gasteiger partial charge in [-0.1, -0.05) is 18.5 Å². The monoisotopic (exact) mass is 297 g/mol. The van der Waals surface area contributed by atoms with Crippen molar-refractivity contribution >= 4 is 23.3 Å². The van der Waals surface area contributed by atoms with E-state index in [1.807, 2.05) is 6.92 Å². The molecule has 2 rings (SSSR count). The van der Waals surface area contributed by atoms with Gasteiger partial charge in [0.25, 0.3) is 5.91 Å². The average Bonchev–Trinajstić information content (AvgIpc) is 2.81. The highest BCUT2D eigenvalue weighted by molar-refractivity contribution is 6.29. The van der Waals surface area contributed by atoms with Gasteiger partial charge in [-0.15, -0.1) is 0 Å². The first-order chi connectivity index (χ1) is 9.60. The predicted octanol–water partition coefficient (Wildman–Crippen LogP) is 2.46. The first-order valence-corrected chi connectivity index (χ1v) is 7.32. The Bertz CT molecular complexity index is 481. The summed E-state index contributed by atoms with van der Waals surface area (Å²) in [5, 5.41) is 6.42. The van der Waals surface area contributed by atoms with E-state index in [1.54, 1.807) is 12.1 Å². The zero-order valence-corrected chi connectivity index (χ0v) is 12.5. The number of ether oxygens (including phenoxy) is 1. The lowest BCUT2D eigenvalue weighted by Crippen LogP contribution is -2.39. The van der Waals surface area contributed by atoms with Gasteiger partial charge < -0.3 is 15.4 Å². The summed E-state index contributed by atoms with van der Waals surface area (Å²) in [6.07, 6.45) is 1.87. The van der Waals surface area contributed by atoms with Gasteiger partial charge in [0.05, 0.1) is 12.1 Å². The lowest BCUT2D eigenvalue weighted by atomic mass is 10.1. The molecular formula is C14H20ClN3O2. The summed E-state index contributed by atoms with van der Waals surface area (Å²) >= 11 is 5.96. The molecule has 0 aliphatic carbocycles. The SMILES string of the molecule is CCCNc1cc(C(=O)NC2CCOC2C)cc(Cl)n1. The van der Waals surface area contributed by atoms with Crippen molar-refractivity contribution in [2.45, 2.75) is 38.8 Å². The second-order valence-corrected chi connectivity index (χ2v) is 5.32. The van der Waals surface area contributed by atoms with Crippen LogP contribution in [0.1, 0.15) is 37.0 Å². The third-order valence-electron chi connectivity index (χ3n) is 3.31. The number of anilines is 1. The van der Waals surface area contributed by atoms with Gasteiger partial charge >= 0.3 is 0 Å². The minimum absolute atomic E-state index is 0.0499. The third kappa shape index (κ3) is 3.84. The Labute approximate surface area is 124 Å². The number of aromatic nitrogens is 1. The zero-order valence-electron chi connectivity index (χ0n) is 11.8. The summed E-state index contributed by atoms with van der Waals surface area (Å²) in [7, 11) is 0. The van der Waals surface area contributed by atoms with Crippen molar-refractivity contribution in [1.82, 2.24) is 10.3 Å². The number of carbonyl (C=O) groups excluding carboxylic acids is 1. The maximum Gasteiger partial charge on any atom is 0.251 e. The Balaban J connectivity index is 2.06. The van der Waals surface area contributed by atoms with Gasteiger partial charge in [-0.05, 0) is 31.9 Å². The van der Waals surface area contributed by atoms with Crippen LogP contribution in [-0.4, -0.2) is 36.2 Å². The standard InChI is InChI=1S/C14H20ClN3O2/c1-3-5-16-13-8-10(7-12(15)18-13)14(19)17-11-4-6-20-9(11)2/h7-9,11H,3-6H2,1-2H3,(H,16,18)(H,17,19). The highest BCUT2D eigenvalue weighted by Crippen LogP contribution is 2.17. The van der Waals surface area contributed by atoms with Crippen LogP contribution >= 0.6 is 11.6 Å². The van der Waals surface area contributed by atoms with Gasteiger partial charge in [-0.2, -0.15) is 0 Å². The largest absolute Gasteiger partial charge is 0.376 e. The number of rotatable bonds is 5. The van der Waals surface area contributed by atoms with Crippen molar-refractivity contribution in [1.29, 1.82) is 0 Å². The van der Waals surface area contributed by atoms with Crippen molar-refractivity contribution in [3.05, 3.63) is 22.8 Å². The smallest absolute Gasteiger partial charge is 0.251 e. The summed E-state index contributed by atoms with van der Waals surface area (Å²) in [6, 6.07) is 3.35. The fraction of sp³-hybridized carbons (Fsp3) is 0.571. The minimum Gasteiger partial charge on any atom is -0.376 e. The van der Waals surface area contributed by atoms with Crippen molar-refractivity contribution in [2.75, 3.05) is 18.5 Å². The molecule has 1 fully saturated rings. The van der Waals surface area contributed by atoms with Crippen LogP contribution in [0.5, 0.6) is 0 Å². The van der Waals surface area contributed by atoms with Gasteiger partial charge in [0.2, 0.25) is 0 Å². The zero-order chi connectivity index (χ0) is 14.5. The molecule has 0 radical (unpaired) electrons. The van der Waals surface area contributed by atoms with Crippen LogP contribution in [0.4, 0.5) is 5.82 Å². The first kappa shape index (κ1) is 15.1. The molecule has 2 atom stereocenters. The summed E-state index contributed by atoms with van der Waals surface area (Å²) in [5.41, 5.74) is 0.516. The molecule has 1 saturated heterocycles. The van der Waals surface area contributed by atoms with Crippen LogP contribution < -0.4 is 10.6 Å². The van der Waals surface area contributed by atoms with E-state index in [0.29, 0.717) is 23.1 Å². The molecule has 1 aromatic heterocycles. The summed E-state index contributed by atoms with van der Waals surface area (Å²) < 4.78 is 5.44. The molecule has 0 bridgehead atoms.